The molecule has 0 unspecified atom stereocenters. The van der Waals surface area contributed by atoms with Gasteiger partial charge in [-0.3, -0.25) is 9.78 Å². The number of carbonyl (C=O) groups is 1. The van der Waals surface area contributed by atoms with Crippen LogP contribution in [0.2, 0.25) is 0 Å². The molecular weight excluding hydrogens is 254 g/mol. The molecule has 6 heteroatoms. The van der Waals surface area contributed by atoms with Gasteiger partial charge in [0, 0.05) is 44.5 Å². The number of hydrogen-bond acceptors (Lipinski definition) is 4. The molecule has 0 saturated carbocycles. The van der Waals surface area contributed by atoms with Crippen molar-refractivity contribution >= 4 is 5.91 Å². The van der Waals surface area contributed by atoms with Gasteiger partial charge in [-0.15, -0.1) is 0 Å². The number of nitrogens with one attached hydrogen (secondary N) is 1. The number of nitrogens with zero attached hydrogens (tertiary/aromatic N) is 4. The van der Waals surface area contributed by atoms with E-state index in [1.165, 1.54) is 31.1 Å². The van der Waals surface area contributed by atoms with E-state index in [1.54, 1.807) is 6.20 Å². The van der Waals surface area contributed by atoms with E-state index in [-0.39, 0.29) is 5.91 Å². The highest BCUT2D eigenvalue weighted by atomic mass is 16.1. The summed E-state index contributed by atoms with van der Waals surface area (Å²) in [5.41, 5.74) is 1.39. The van der Waals surface area contributed by atoms with Crippen LogP contribution in [0.1, 0.15) is 34.8 Å². The van der Waals surface area contributed by atoms with E-state index in [1.807, 2.05) is 0 Å². The Morgan fingerprint density at radius 1 is 1.35 bits per heavy atom. The van der Waals surface area contributed by atoms with Gasteiger partial charge in [-0.1, -0.05) is 0 Å². The molecule has 2 aromatic rings. The van der Waals surface area contributed by atoms with Crippen molar-refractivity contribution in [2.24, 2.45) is 0 Å². The summed E-state index contributed by atoms with van der Waals surface area (Å²) in [5, 5.41) is 2.84. The van der Waals surface area contributed by atoms with Crippen molar-refractivity contribution in [1.29, 1.82) is 0 Å². The van der Waals surface area contributed by atoms with Crippen LogP contribution >= 0.6 is 0 Å². The second-order valence-electron chi connectivity index (χ2n) is 4.90. The molecule has 0 fully saturated rings. The highest BCUT2D eigenvalue weighted by Crippen LogP contribution is 2.14. The average Bonchev–Trinajstić information content (AvgIpc) is 2.90. The minimum absolute atomic E-state index is 0.193. The second kappa shape index (κ2) is 5.81. The second-order valence-corrected chi connectivity index (χ2v) is 4.90. The number of hydrogen-bond donors (Lipinski definition) is 1. The van der Waals surface area contributed by atoms with Crippen molar-refractivity contribution in [3.63, 3.8) is 0 Å². The van der Waals surface area contributed by atoms with Crippen molar-refractivity contribution in [3.8, 4) is 0 Å². The van der Waals surface area contributed by atoms with Crippen molar-refractivity contribution in [3.05, 3.63) is 42.0 Å². The number of fused-ring (bicyclic) bond motifs is 1. The van der Waals surface area contributed by atoms with Crippen LogP contribution in [-0.2, 0) is 19.4 Å². The summed E-state index contributed by atoms with van der Waals surface area (Å²) < 4.78 is 2.23. The third kappa shape index (κ3) is 2.84. The van der Waals surface area contributed by atoms with Crippen LogP contribution in [-0.4, -0.2) is 32.0 Å². The number of amides is 1. The quantitative estimate of drug-likeness (QED) is 0.899. The molecule has 20 heavy (non-hydrogen) atoms. The molecule has 6 nitrogen and oxygen atoms in total. The normalized spacial score (nSPS) is 13.8. The van der Waals surface area contributed by atoms with Crippen molar-refractivity contribution < 1.29 is 4.79 Å². The molecule has 0 saturated heterocycles. The Morgan fingerprint density at radius 3 is 3.10 bits per heavy atom. The van der Waals surface area contributed by atoms with Gasteiger partial charge in [0.25, 0.3) is 5.91 Å². The molecule has 0 bridgehead atoms. The lowest BCUT2D eigenvalue weighted by Crippen LogP contribution is -2.26. The first-order valence-electron chi connectivity index (χ1n) is 6.92. The predicted molar refractivity (Wildman–Crippen MR) is 73.2 cm³/mol. The van der Waals surface area contributed by atoms with E-state index in [0.717, 1.165) is 25.1 Å². The summed E-state index contributed by atoms with van der Waals surface area (Å²) in [6, 6.07) is 0. The van der Waals surface area contributed by atoms with E-state index < -0.39 is 0 Å². The standard InChI is InChI=1S/C14H17N5O/c20-14(12-9-15-6-7-16-12)17-5-4-11-10-19-8-2-1-3-13(19)18-11/h6-7,9-10H,1-5,8H2,(H,17,20). The first-order valence-corrected chi connectivity index (χ1v) is 6.92. The molecule has 1 aliphatic rings. The van der Waals surface area contributed by atoms with Crippen molar-refractivity contribution in [2.75, 3.05) is 6.54 Å². The molecule has 0 atom stereocenters. The highest BCUT2D eigenvalue weighted by Gasteiger charge is 2.12. The third-order valence-electron chi connectivity index (χ3n) is 3.42. The average molecular weight is 271 g/mol. The maximum atomic E-state index is 11.8. The summed E-state index contributed by atoms with van der Waals surface area (Å²) >= 11 is 0. The topological polar surface area (TPSA) is 72.7 Å². The molecule has 1 amide bonds. The van der Waals surface area contributed by atoms with E-state index in [2.05, 4.69) is 31.0 Å². The van der Waals surface area contributed by atoms with Crippen LogP contribution in [0.5, 0.6) is 0 Å². The zero-order valence-electron chi connectivity index (χ0n) is 11.2. The minimum atomic E-state index is -0.193. The fourth-order valence-electron chi connectivity index (χ4n) is 2.40. The van der Waals surface area contributed by atoms with Gasteiger partial charge in [-0.2, -0.15) is 0 Å². The molecule has 3 heterocycles. The minimum Gasteiger partial charge on any atom is -0.350 e. The molecule has 0 radical (unpaired) electrons. The number of aromatic nitrogens is 4. The molecule has 0 aromatic carbocycles. The van der Waals surface area contributed by atoms with E-state index >= 15 is 0 Å². The monoisotopic (exact) mass is 271 g/mol. The number of aryl methyl sites for hydroxylation is 2. The van der Waals surface area contributed by atoms with E-state index in [0.29, 0.717) is 12.2 Å². The van der Waals surface area contributed by atoms with Gasteiger partial charge < -0.3 is 9.88 Å². The lowest BCUT2D eigenvalue weighted by molar-refractivity contribution is 0.0948. The van der Waals surface area contributed by atoms with Crippen LogP contribution in [0.4, 0.5) is 0 Å². The SMILES string of the molecule is O=C(NCCc1cn2c(n1)CCCC2)c1cnccn1. The number of carbonyl (C=O) groups excluding carboxylic acids is 1. The van der Waals surface area contributed by atoms with Crippen molar-refractivity contribution in [2.45, 2.75) is 32.2 Å². The third-order valence-corrected chi connectivity index (χ3v) is 3.42. The molecule has 0 aliphatic carbocycles. The molecular formula is C14H17N5O. The Kier molecular flexibility index (Phi) is 3.71. The van der Waals surface area contributed by atoms with Crippen LogP contribution in [0, 0.1) is 0 Å². The Bertz CT molecular complexity index is 569. The first-order chi connectivity index (χ1) is 9.83. The Hall–Kier alpha value is -2.24. The van der Waals surface area contributed by atoms with Gasteiger partial charge in [0.05, 0.1) is 11.9 Å². The summed E-state index contributed by atoms with van der Waals surface area (Å²) in [5.74, 6) is 0.980. The maximum Gasteiger partial charge on any atom is 0.271 e. The molecule has 1 N–H and O–H groups in total. The fraction of sp³-hybridized carbons (Fsp3) is 0.429. The largest absolute Gasteiger partial charge is 0.350 e. The Balaban J connectivity index is 1.53. The van der Waals surface area contributed by atoms with Gasteiger partial charge in [0.1, 0.15) is 11.5 Å². The fourth-order valence-corrected chi connectivity index (χ4v) is 2.40. The first kappa shape index (κ1) is 12.8. The summed E-state index contributed by atoms with van der Waals surface area (Å²) in [7, 11) is 0. The van der Waals surface area contributed by atoms with E-state index in [9.17, 15) is 4.79 Å². The molecule has 0 spiro atoms. The summed E-state index contributed by atoms with van der Waals surface area (Å²) in [6.07, 6.45) is 10.9. The van der Waals surface area contributed by atoms with Gasteiger partial charge in [0.15, 0.2) is 0 Å². The van der Waals surface area contributed by atoms with Crippen LogP contribution in [0.25, 0.3) is 0 Å². The predicted octanol–water partition coefficient (Wildman–Crippen LogP) is 0.982. The van der Waals surface area contributed by atoms with Crippen molar-refractivity contribution in [1.82, 2.24) is 24.8 Å². The van der Waals surface area contributed by atoms with Crippen LogP contribution in [0.3, 0.4) is 0 Å². The Morgan fingerprint density at radius 2 is 2.30 bits per heavy atom. The lowest BCUT2D eigenvalue weighted by atomic mass is 10.2. The zero-order chi connectivity index (χ0) is 13.8. The highest BCUT2D eigenvalue weighted by molar-refractivity contribution is 5.91. The van der Waals surface area contributed by atoms with Gasteiger partial charge in [0.2, 0.25) is 0 Å². The van der Waals surface area contributed by atoms with Gasteiger partial charge >= 0.3 is 0 Å². The molecule has 3 rings (SSSR count). The number of rotatable bonds is 4. The molecule has 1 aliphatic heterocycles. The maximum absolute atomic E-state index is 11.8. The number of imidazole rings is 1. The molecule has 2 aromatic heterocycles. The summed E-state index contributed by atoms with van der Waals surface area (Å²) in [6.45, 7) is 1.63. The van der Waals surface area contributed by atoms with Crippen LogP contribution < -0.4 is 5.32 Å². The summed E-state index contributed by atoms with van der Waals surface area (Å²) in [4.78, 5) is 24.2. The Labute approximate surface area is 117 Å². The lowest BCUT2D eigenvalue weighted by Gasteiger charge is -2.11. The van der Waals surface area contributed by atoms with E-state index in [4.69, 9.17) is 0 Å². The zero-order valence-corrected chi connectivity index (χ0v) is 11.2. The smallest absolute Gasteiger partial charge is 0.271 e. The van der Waals surface area contributed by atoms with Gasteiger partial charge in [-0.05, 0) is 12.8 Å². The molecule has 104 valence electrons. The van der Waals surface area contributed by atoms with Gasteiger partial charge in [-0.25, -0.2) is 9.97 Å². The van der Waals surface area contributed by atoms with Crippen LogP contribution in [0.15, 0.2) is 24.8 Å².